The van der Waals surface area contributed by atoms with E-state index in [4.69, 9.17) is 0 Å². The number of nitrogens with one attached hydrogen (secondary N) is 1. The van der Waals surface area contributed by atoms with Crippen molar-refractivity contribution in [2.24, 2.45) is 5.10 Å². The number of hydrogen-bond donors (Lipinski definition) is 1. The van der Waals surface area contributed by atoms with Gasteiger partial charge in [-0.25, -0.2) is 9.82 Å². The molecule has 0 spiro atoms. The number of carbonyl (C=O) groups excluding carboxylic acids is 1. The Labute approximate surface area is 139 Å². The van der Waals surface area contributed by atoms with Crippen LogP contribution < -0.4 is 5.43 Å². The SMILES string of the molecule is CCCCCCCCCCCC(=O)N/N=C/c1ccccc1F. The number of amides is 1. The lowest BCUT2D eigenvalue weighted by molar-refractivity contribution is -0.121. The molecule has 0 saturated carbocycles. The average molecular weight is 320 g/mol. The van der Waals surface area contributed by atoms with Gasteiger partial charge in [-0.1, -0.05) is 76.5 Å². The first-order valence-corrected chi connectivity index (χ1v) is 8.80. The van der Waals surface area contributed by atoms with E-state index in [-0.39, 0.29) is 11.7 Å². The molecule has 1 aromatic rings. The first-order chi connectivity index (χ1) is 11.2. The number of benzene rings is 1. The van der Waals surface area contributed by atoms with E-state index in [0.29, 0.717) is 12.0 Å². The number of rotatable bonds is 12. The first-order valence-electron chi connectivity index (χ1n) is 8.80. The Morgan fingerprint density at radius 2 is 1.65 bits per heavy atom. The lowest BCUT2D eigenvalue weighted by Crippen LogP contribution is -2.17. The predicted octanol–water partition coefficient (Wildman–Crippen LogP) is 5.20. The Morgan fingerprint density at radius 3 is 2.30 bits per heavy atom. The van der Waals surface area contributed by atoms with Gasteiger partial charge in [0.25, 0.3) is 0 Å². The van der Waals surface area contributed by atoms with Crippen LogP contribution in [0.25, 0.3) is 0 Å². The molecule has 0 aromatic heterocycles. The maximum absolute atomic E-state index is 13.3. The summed E-state index contributed by atoms with van der Waals surface area (Å²) in [6.45, 7) is 2.23. The van der Waals surface area contributed by atoms with Crippen LogP contribution in [-0.2, 0) is 4.79 Å². The summed E-state index contributed by atoms with van der Waals surface area (Å²) in [6.07, 6.45) is 12.8. The van der Waals surface area contributed by atoms with E-state index >= 15 is 0 Å². The third-order valence-electron chi connectivity index (χ3n) is 3.81. The number of carbonyl (C=O) groups is 1. The zero-order chi connectivity index (χ0) is 16.8. The molecule has 1 rings (SSSR count). The second kappa shape index (κ2) is 12.8. The van der Waals surface area contributed by atoms with E-state index < -0.39 is 0 Å². The van der Waals surface area contributed by atoms with Gasteiger partial charge < -0.3 is 0 Å². The first kappa shape index (κ1) is 19.3. The van der Waals surface area contributed by atoms with E-state index in [1.807, 2.05) is 0 Å². The number of hydrazone groups is 1. The molecular formula is C19H29FN2O. The fourth-order valence-corrected chi connectivity index (χ4v) is 2.41. The molecule has 1 N–H and O–H groups in total. The molecule has 0 aliphatic heterocycles. The highest BCUT2D eigenvalue weighted by molar-refractivity contribution is 5.82. The van der Waals surface area contributed by atoms with Crippen LogP contribution in [0.2, 0.25) is 0 Å². The van der Waals surface area contributed by atoms with Gasteiger partial charge in [-0.2, -0.15) is 5.10 Å². The number of nitrogens with zero attached hydrogens (tertiary/aromatic N) is 1. The molecule has 0 saturated heterocycles. The Bertz CT molecular complexity index is 474. The lowest BCUT2D eigenvalue weighted by Gasteiger charge is -2.02. The molecule has 0 radical (unpaired) electrons. The number of halogens is 1. The van der Waals surface area contributed by atoms with Crippen molar-refractivity contribution in [2.45, 2.75) is 71.1 Å². The second-order valence-corrected chi connectivity index (χ2v) is 5.89. The van der Waals surface area contributed by atoms with Crippen LogP contribution in [-0.4, -0.2) is 12.1 Å². The van der Waals surface area contributed by atoms with Gasteiger partial charge in [-0.05, 0) is 12.5 Å². The molecule has 23 heavy (non-hydrogen) atoms. The van der Waals surface area contributed by atoms with Crippen molar-refractivity contribution in [1.29, 1.82) is 0 Å². The minimum Gasteiger partial charge on any atom is -0.273 e. The second-order valence-electron chi connectivity index (χ2n) is 5.89. The molecular weight excluding hydrogens is 291 g/mol. The van der Waals surface area contributed by atoms with Gasteiger partial charge in [-0.3, -0.25) is 4.79 Å². The summed E-state index contributed by atoms with van der Waals surface area (Å²) in [5, 5.41) is 3.79. The molecule has 0 unspecified atom stereocenters. The Hall–Kier alpha value is -1.71. The van der Waals surface area contributed by atoms with E-state index in [1.54, 1.807) is 18.2 Å². The minimum absolute atomic E-state index is 0.111. The summed E-state index contributed by atoms with van der Waals surface area (Å²) < 4.78 is 13.3. The van der Waals surface area contributed by atoms with Crippen LogP contribution in [0, 0.1) is 5.82 Å². The predicted molar refractivity (Wildman–Crippen MR) is 94.0 cm³/mol. The molecule has 0 aliphatic carbocycles. The van der Waals surface area contributed by atoms with Crippen molar-refractivity contribution in [1.82, 2.24) is 5.43 Å². The van der Waals surface area contributed by atoms with Crippen molar-refractivity contribution in [3.63, 3.8) is 0 Å². The van der Waals surface area contributed by atoms with Gasteiger partial charge in [0.1, 0.15) is 5.82 Å². The summed E-state index contributed by atoms with van der Waals surface area (Å²) >= 11 is 0. The monoisotopic (exact) mass is 320 g/mol. The molecule has 0 heterocycles. The molecule has 1 amide bonds. The van der Waals surface area contributed by atoms with E-state index in [2.05, 4.69) is 17.5 Å². The summed E-state index contributed by atoms with van der Waals surface area (Å²) in [7, 11) is 0. The van der Waals surface area contributed by atoms with Crippen LogP contribution in [0.4, 0.5) is 4.39 Å². The van der Waals surface area contributed by atoms with E-state index in [0.717, 1.165) is 12.8 Å². The fraction of sp³-hybridized carbons (Fsp3) is 0.579. The smallest absolute Gasteiger partial charge is 0.240 e. The Morgan fingerprint density at radius 1 is 1.04 bits per heavy atom. The van der Waals surface area contributed by atoms with Gasteiger partial charge in [0.05, 0.1) is 6.21 Å². The van der Waals surface area contributed by atoms with Crippen LogP contribution in [0.3, 0.4) is 0 Å². The van der Waals surface area contributed by atoms with Gasteiger partial charge in [0, 0.05) is 12.0 Å². The average Bonchev–Trinajstić information content (AvgIpc) is 2.55. The van der Waals surface area contributed by atoms with Crippen LogP contribution in [0.1, 0.15) is 76.7 Å². The highest BCUT2D eigenvalue weighted by Crippen LogP contribution is 2.10. The van der Waals surface area contributed by atoms with Crippen LogP contribution in [0.15, 0.2) is 29.4 Å². The van der Waals surface area contributed by atoms with E-state index in [1.165, 1.54) is 57.2 Å². The summed E-state index contributed by atoms with van der Waals surface area (Å²) in [6, 6.07) is 6.33. The van der Waals surface area contributed by atoms with Crippen LogP contribution in [0.5, 0.6) is 0 Å². The molecule has 0 atom stereocenters. The van der Waals surface area contributed by atoms with Gasteiger partial charge in [0.2, 0.25) is 5.91 Å². The zero-order valence-corrected chi connectivity index (χ0v) is 14.2. The molecule has 4 heteroatoms. The van der Waals surface area contributed by atoms with Crippen molar-refractivity contribution < 1.29 is 9.18 Å². The van der Waals surface area contributed by atoms with Crippen molar-refractivity contribution in [2.75, 3.05) is 0 Å². The number of unbranched alkanes of at least 4 members (excludes halogenated alkanes) is 8. The molecule has 3 nitrogen and oxygen atoms in total. The van der Waals surface area contributed by atoms with Crippen molar-refractivity contribution in [3.05, 3.63) is 35.6 Å². The molecule has 1 aromatic carbocycles. The highest BCUT2D eigenvalue weighted by atomic mass is 19.1. The molecule has 0 aliphatic rings. The normalized spacial score (nSPS) is 11.0. The third kappa shape index (κ3) is 9.82. The topological polar surface area (TPSA) is 41.5 Å². The third-order valence-corrected chi connectivity index (χ3v) is 3.81. The summed E-state index contributed by atoms with van der Waals surface area (Å²) in [5.41, 5.74) is 2.82. The maximum Gasteiger partial charge on any atom is 0.240 e. The summed E-state index contributed by atoms with van der Waals surface area (Å²) in [5.74, 6) is -0.454. The number of hydrogen-bond acceptors (Lipinski definition) is 2. The lowest BCUT2D eigenvalue weighted by atomic mass is 10.1. The largest absolute Gasteiger partial charge is 0.273 e. The molecule has 0 bridgehead atoms. The molecule has 128 valence electrons. The van der Waals surface area contributed by atoms with Crippen LogP contribution >= 0.6 is 0 Å². The quantitative estimate of drug-likeness (QED) is 0.321. The Kier molecular flexibility index (Phi) is 10.8. The van der Waals surface area contributed by atoms with Gasteiger partial charge >= 0.3 is 0 Å². The fourth-order valence-electron chi connectivity index (χ4n) is 2.41. The van der Waals surface area contributed by atoms with Gasteiger partial charge in [0.15, 0.2) is 0 Å². The van der Waals surface area contributed by atoms with E-state index in [9.17, 15) is 9.18 Å². The van der Waals surface area contributed by atoms with Crippen molar-refractivity contribution in [3.8, 4) is 0 Å². The van der Waals surface area contributed by atoms with Crippen molar-refractivity contribution >= 4 is 12.1 Å². The zero-order valence-electron chi connectivity index (χ0n) is 14.2. The standard InChI is InChI=1S/C19H29FN2O/c1-2-3-4-5-6-7-8-9-10-15-19(23)22-21-16-17-13-11-12-14-18(17)20/h11-14,16H,2-10,15H2,1H3,(H,22,23)/b21-16+. The Balaban J connectivity index is 2.01. The van der Waals surface area contributed by atoms with Gasteiger partial charge in [-0.15, -0.1) is 0 Å². The summed E-state index contributed by atoms with van der Waals surface area (Å²) in [4.78, 5) is 11.6. The molecule has 0 fully saturated rings. The highest BCUT2D eigenvalue weighted by Gasteiger charge is 2.00. The maximum atomic E-state index is 13.3. The minimum atomic E-state index is -0.343.